The van der Waals surface area contributed by atoms with Gasteiger partial charge in [0.2, 0.25) is 0 Å². The van der Waals surface area contributed by atoms with E-state index < -0.39 is 0 Å². The minimum absolute atomic E-state index is 0.467. The molecule has 1 atom stereocenters. The zero-order chi connectivity index (χ0) is 13.3. The third-order valence-corrected chi connectivity index (χ3v) is 4.14. The van der Waals surface area contributed by atoms with Crippen LogP contribution < -0.4 is 5.32 Å². The number of likely N-dealkylation sites (tertiary alicyclic amines) is 1. The smallest absolute Gasteiger partial charge is 0.00475 e. The van der Waals surface area contributed by atoms with Gasteiger partial charge in [0.15, 0.2) is 0 Å². The van der Waals surface area contributed by atoms with E-state index in [2.05, 4.69) is 31.0 Å². The van der Waals surface area contributed by atoms with Crippen molar-refractivity contribution < 1.29 is 0 Å². The van der Waals surface area contributed by atoms with E-state index in [0.29, 0.717) is 5.41 Å². The first kappa shape index (κ1) is 16.0. The van der Waals surface area contributed by atoms with Crippen LogP contribution in [0.3, 0.4) is 0 Å². The average molecular weight is 254 g/mol. The lowest BCUT2D eigenvalue weighted by molar-refractivity contribution is 0.153. The molecule has 1 rings (SSSR count). The molecule has 2 heteroatoms. The van der Waals surface area contributed by atoms with Crippen molar-refractivity contribution in [2.45, 2.75) is 65.7 Å². The maximum atomic E-state index is 3.64. The summed E-state index contributed by atoms with van der Waals surface area (Å²) >= 11 is 0. The fraction of sp³-hybridized carbons (Fsp3) is 1.00. The van der Waals surface area contributed by atoms with Gasteiger partial charge in [-0.25, -0.2) is 0 Å². The monoisotopic (exact) mass is 254 g/mol. The molecule has 108 valence electrons. The van der Waals surface area contributed by atoms with E-state index in [-0.39, 0.29) is 0 Å². The molecule has 1 aliphatic rings. The van der Waals surface area contributed by atoms with Crippen LogP contribution in [0.5, 0.6) is 0 Å². The Morgan fingerprint density at radius 1 is 1.00 bits per heavy atom. The van der Waals surface area contributed by atoms with Gasteiger partial charge in [-0.1, -0.05) is 40.0 Å². The van der Waals surface area contributed by atoms with Crippen LogP contribution in [0.4, 0.5) is 0 Å². The summed E-state index contributed by atoms with van der Waals surface area (Å²) in [5.41, 5.74) is 0.467. The van der Waals surface area contributed by atoms with Gasteiger partial charge in [0, 0.05) is 13.1 Å². The van der Waals surface area contributed by atoms with Gasteiger partial charge in [-0.15, -0.1) is 0 Å². The van der Waals surface area contributed by atoms with Crippen molar-refractivity contribution in [1.29, 1.82) is 0 Å². The molecule has 0 amide bonds. The van der Waals surface area contributed by atoms with E-state index in [9.17, 15) is 0 Å². The first-order chi connectivity index (χ1) is 8.70. The summed E-state index contributed by atoms with van der Waals surface area (Å²) in [5, 5.41) is 3.64. The summed E-state index contributed by atoms with van der Waals surface area (Å²) in [6.45, 7) is 13.3. The van der Waals surface area contributed by atoms with Crippen molar-refractivity contribution in [3.05, 3.63) is 0 Å². The molecule has 1 unspecified atom stereocenters. The van der Waals surface area contributed by atoms with Crippen LogP contribution in [0.2, 0.25) is 0 Å². The average Bonchev–Trinajstić information content (AvgIpc) is 2.58. The van der Waals surface area contributed by atoms with E-state index in [1.165, 1.54) is 77.7 Å². The van der Waals surface area contributed by atoms with Crippen LogP contribution in [-0.4, -0.2) is 37.6 Å². The van der Waals surface area contributed by atoms with Crippen molar-refractivity contribution in [2.75, 3.05) is 32.7 Å². The van der Waals surface area contributed by atoms with Crippen LogP contribution >= 0.6 is 0 Å². The molecule has 1 saturated heterocycles. The second kappa shape index (κ2) is 8.92. The number of hydrogen-bond acceptors (Lipinski definition) is 2. The van der Waals surface area contributed by atoms with E-state index in [4.69, 9.17) is 0 Å². The van der Waals surface area contributed by atoms with Crippen molar-refractivity contribution >= 4 is 0 Å². The highest BCUT2D eigenvalue weighted by Gasteiger charge is 2.26. The molecule has 1 heterocycles. The van der Waals surface area contributed by atoms with Gasteiger partial charge in [0.1, 0.15) is 0 Å². The maximum absolute atomic E-state index is 3.64. The third kappa shape index (κ3) is 6.19. The maximum Gasteiger partial charge on any atom is 0.00475 e. The van der Waals surface area contributed by atoms with Gasteiger partial charge >= 0.3 is 0 Å². The summed E-state index contributed by atoms with van der Waals surface area (Å²) in [5.74, 6) is 0. The molecule has 1 fully saturated rings. The van der Waals surface area contributed by atoms with Gasteiger partial charge in [-0.3, -0.25) is 0 Å². The van der Waals surface area contributed by atoms with Crippen molar-refractivity contribution in [3.63, 3.8) is 0 Å². The normalized spacial score (nSPS) is 21.5. The molecule has 0 radical (unpaired) electrons. The highest BCUT2D eigenvalue weighted by Crippen LogP contribution is 2.25. The molecule has 18 heavy (non-hydrogen) atoms. The molecule has 0 aromatic rings. The van der Waals surface area contributed by atoms with Gasteiger partial charge < -0.3 is 10.2 Å². The molecule has 0 aromatic heterocycles. The molecule has 0 aliphatic carbocycles. The topological polar surface area (TPSA) is 15.3 Å². The van der Waals surface area contributed by atoms with Crippen LogP contribution in [0.1, 0.15) is 65.7 Å². The van der Waals surface area contributed by atoms with E-state index in [0.717, 1.165) is 0 Å². The first-order valence-corrected chi connectivity index (χ1v) is 8.13. The molecule has 1 N–H and O–H groups in total. The first-order valence-electron chi connectivity index (χ1n) is 8.13. The zero-order valence-electron chi connectivity index (χ0n) is 12.9. The quantitative estimate of drug-likeness (QED) is 0.665. The molecule has 0 saturated carbocycles. The van der Waals surface area contributed by atoms with Gasteiger partial charge in [0.25, 0.3) is 0 Å². The van der Waals surface area contributed by atoms with E-state index >= 15 is 0 Å². The van der Waals surface area contributed by atoms with Crippen LogP contribution in [0.25, 0.3) is 0 Å². The Bertz CT molecular complexity index is 197. The fourth-order valence-electron chi connectivity index (χ4n) is 3.23. The second-order valence-corrected chi connectivity index (χ2v) is 6.43. The van der Waals surface area contributed by atoms with Crippen molar-refractivity contribution in [3.8, 4) is 0 Å². The summed E-state index contributed by atoms with van der Waals surface area (Å²) < 4.78 is 0. The Kier molecular flexibility index (Phi) is 7.92. The largest absolute Gasteiger partial charge is 0.316 e. The Hall–Kier alpha value is -0.0800. The number of nitrogens with zero attached hydrogens (tertiary/aromatic N) is 1. The Morgan fingerprint density at radius 2 is 1.67 bits per heavy atom. The predicted octanol–water partition coefficient (Wildman–Crippen LogP) is 3.67. The van der Waals surface area contributed by atoms with Crippen LogP contribution in [0, 0.1) is 5.41 Å². The molecule has 0 spiro atoms. The molecule has 0 aromatic carbocycles. The molecule has 1 aliphatic heterocycles. The molecular formula is C16H34N2. The highest BCUT2D eigenvalue weighted by molar-refractivity contribution is 4.81. The zero-order valence-corrected chi connectivity index (χ0v) is 12.9. The molecule has 0 bridgehead atoms. The minimum atomic E-state index is 0.467. The summed E-state index contributed by atoms with van der Waals surface area (Å²) in [7, 11) is 0. The SMILES string of the molecule is CCCNCC(C)(CCC)CN1CCCCCC1. The Balaban J connectivity index is 2.42. The van der Waals surface area contributed by atoms with Crippen molar-refractivity contribution in [1.82, 2.24) is 10.2 Å². The van der Waals surface area contributed by atoms with Crippen LogP contribution in [-0.2, 0) is 0 Å². The van der Waals surface area contributed by atoms with Crippen molar-refractivity contribution in [2.24, 2.45) is 5.41 Å². The lowest BCUT2D eigenvalue weighted by Crippen LogP contribution is -2.43. The lowest BCUT2D eigenvalue weighted by atomic mass is 9.84. The highest BCUT2D eigenvalue weighted by atomic mass is 15.1. The molecular weight excluding hydrogens is 220 g/mol. The fourth-order valence-corrected chi connectivity index (χ4v) is 3.23. The van der Waals surface area contributed by atoms with Gasteiger partial charge in [-0.05, 0) is 50.7 Å². The Morgan fingerprint density at radius 3 is 2.22 bits per heavy atom. The van der Waals surface area contributed by atoms with Crippen LogP contribution in [0.15, 0.2) is 0 Å². The van der Waals surface area contributed by atoms with Gasteiger partial charge in [-0.2, -0.15) is 0 Å². The van der Waals surface area contributed by atoms with E-state index in [1.54, 1.807) is 0 Å². The van der Waals surface area contributed by atoms with Gasteiger partial charge in [0.05, 0.1) is 0 Å². The predicted molar refractivity (Wildman–Crippen MR) is 81.1 cm³/mol. The third-order valence-electron chi connectivity index (χ3n) is 4.14. The number of rotatable bonds is 8. The summed E-state index contributed by atoms with van der Waals surface area (Å²) in [6, 6.07) is 0. The Labute approximate surface area is 115 Å². The second-order valence-electron chi connectivity index (χ2n) is 6.43. The lowest BCUT2D eigenvalue weighted by Gasteiger charge is -2.35. The summed E-state index contributed by atoms with van der Waals surface area (Å²) in [4.78, 5) is 2.72. The summed E-state index contributed by atoms with van der Waals surface area (Å²) in [6.07, 6.45) is 9.59. The van der Waals surface area contributed by atoms with E-state index in [1.807, 2.05) is 0 Å². The number of nitrogens with one attached hydrogen (secondary N) is 1. The standard InChI is InChI=1S/C16H34N2/c1-4-10-16(3,14-17-11-5-2)15-18-12-8-6-7-9-13-18/h17H,4-15H2,1-3H3. The number of hydrogen-bond donors (Lipinski definition) is 1. The molecule has 2 nitrogen and oxygen atoms in total. The minimum Gasteiger partial charge on any atom is -0.316 e.